The zero-order chi connectivity index (χ0) is 21.9. The van der Waals surface area contributed by atoms with Crippen LogP contribution in [0.4, 0.5) is 5.69 Å². The van der Waals surface area contributed by atoms with E-state index in [4.69, 9.17) is 9.47 Å². The van der Waals surface area contributed by atoms with Gasteiger partial charge in [-0.15, -0.1) is 0 Å². The summed E-state index contributed by atoms with van der Waals surface area (Å²) < 4.78 is 11.2. The summed E-state index contributed by atoms with van der Waals surface area (Å²) in [5.41, 5.74) is 2.72. The van der Waals surface area contributed by atoms with E-state index >= 15 is 0 Å². The van der Waals surface area contributed by atoms with Crippen molar-refractivity contribution in [3.05, 3.63) is 78.0 Å². The number of nitrogens with one attached hydrogen (secondary N) is 2. The number of aromatic nitrogens is 2. The van der Waals surface area contributed by atoms with Gasteiger partial charge in [-0.3, -0.25) is 9.89 Å². The Bertz CT molecular complexity index is 1390. The summed E-state index contributed by atoms with van der Waals surface area (Å²) in [7, 11) is 0. The summed E-state index contributed by atoms with van der Waals surface area (Å²) in [6.07, 6.45) is 3.10. The van der Waals surface area contributed by atoms with E-state index in [9.17, 15) is 10.1 Å². The van der Waals surface area contributed by atoms with E-state index < -0.39 is 5.91 Å². The number of benzene rings is 3. The molecular formula is C25H18N4O3. The molecule has 0 atom stereocenters. The number of amides is 1. The Morgan fingerprint density at radius 1 is 1.06 bits per heavy atom. The fourth-order valence-electron chi connectivity index (χ4n) is 3.66. The van der Waals surface area contributed by atoms with Crippen LogP contribution in [-0.2, 0) is 4.79 Å². The van der Waals surface area contributed by atoms with Crippen LogP contribution in [0.1, 0.15) is 5.56 Å². The van der Waals surface area contributed by atoms with Crippen molar-refractivity contribution in [3.63, 3.8) is 0 Å². The van der Waals surface area contributed by atoms with Gasteiger partial charge in [-0.05, 0) is 35.7 Å². The first-order chi connectivity index (χ1) is 15.7. The van der Waals surface area contributed by atoms with Gasteiger partial charge < -0.3 is 14.8 Å². The first-order valence-electron chi connectivity index (χ1n) is 10.1. The number of nitriles is 1. The number of carbonyl (C=O) groups is 1. The normalized spacial score (nSPS) is 12.9. The van der Waals surface area contributed by atoms with Crippen LogP contribution in [0.25, 0.3) is 28.1 Å². The molecule has 0 bridgehead atoms. The molecule has 0 saturated heterocycles. The molecule has 3 aromatic carbocycles. The third kappa shape index (κ3) is 3.66. The molecule has 0 aliphatic carbocycles. The summed E-state index contributed by atoms with van der Waals surface area (Å²) in [5, 5.41) is 21.5. The van der Waals surface area contributed by atoms with Crippen LogP contribution in [-0.4, -0.2) is 29.3 Å². The van der Waals surface area contributed by atoms with Crippen LogP contribution >= 0.6 is 0 Å². The van der Waals surface area contributed by atoms with E-state index in [1.807, 2.05) is 66.7 Å². The molecule has 0 unspecified atom stereocenters. The molecule has 2 heterocycles. The Morgan fingerprint density at radius 3 is 2.75 bits per heavy atom. The Kier molecular flexibility index (Phi) is 5.02. The number of hydrogen-bond acceptors (Lipinski definition) is 5. The summed E-state index contributed by atoms with van der Waals surface area (Å²) >= 11 is 0. The van der Waals surface area contributed by atoms with Crippen molar-refractivity contribution >= 4 is 28.4 Å². The van der Waals surface area contributed by atoms with Gasteiger partial charge in [-0.2, -0.15) is 10.4 Å². The number of carbonyl (C=O) groups excluding carboxylic acids is 1. The molecule has 156 valence electrons. The summed E-state index contributed by atoms with van der Waals surface area (Å²) in [4.78, 5) is 12.9. The van der Waals surface area contributed by atoms with Crippen LogP contribution in [0.2, 0.25) is 0 Å². The second kappa shape index (κ2) is 8.28. The summed E-state index contributed by atoms with van der Waals surface area (Å²) in [6, 6.07) is 20.9. The van der Waals surface area contributed by atoms with E-state index in [1.165, 1.54) is 6.08 Å². The Hall–Kier alpha value is -4.57. The fraction of sp³-hybridized carbons (Fsp3) is 0.0800. The third-order valence-electron chi connectivity index (χ3n) is 5.20. The minimum Gasteiger partial charge on any atom is -0.486 e. The maximum atomic E-state index is 12.9. The molecule has 5 rings (SSSR count). The van der Waals surface area contributed by atoms with Crippen molar-refractivity contribution in [3.8, 4) is 28.8 Å². The average molecular weight is 422 g/mol. The van der Waals surface area contributed by atoms with Crippen molar-refractivity contribution in [2.45, 2.75) is 0 Å². The van der Waals surface area contributed by atoms with E-state index in [-0.39, 0.29) is 5.57 Å². The number of aromatic amines is 1. The minimum atomic E-state index is -0.488. The van der Waals surface area contributed by atoms with Crippen LogP contribution < -0.4 is 14.8 Å². The molecule has 0 radical (unpaired) electrons. The highest BCUT2D eigenvalue weighted by Gasteiger charge is 2.17. The van der Waals surface area contributed by atoms with Gasteiger partial charge in [0, 0.05) is 22.2 Å². The number of ether oxygens (including phenoxy) is 2. The van der Waals surface area contributed by atoms with Crippen molar-refractivity contribution < 1.29 is 14.3 Å². The van der Waals surface area contributed by atoms with Gasteiger partial charge in [0.15, 0.2) is 11.5 Å². The molecule has 0 fully saturated rings. The highest BCUT2D eigenvalue weighted by Crippen LogP contribution is 2.35. The molecule has 1 aromatic heterocycles. The summed E-state index contributed by atoms with van der Waals surface area (Å²) in [5.74, 6) is 0.842. The quantitative estimate of drug-likeness (QED) is 0.371. The van der Waals surface area contributed by atoms with E-state index in [2.05, 4.69) is 15.5 Å². The average Bonchev–Trinajstić information content (AvgIpc) is 3.30. The van der Waals surface area contributed by atoms with Crippen LogP contribution in [0, 0.1) is 11.3 Å². The molecule has 4 aromatic rings. The number of fused-ring (bicyclic) bond motifs is 2. The smallest absolute Gasteiger partial charge is 0.266 e. The number of anilines is 1. The first-order valence-corrected chi connectivity index (χ1v) is 10.1. The van der Waals surface area contributed by atoms with Gasteiger partial charge in [-0.1, -0.05) is 36.4 Å². The van der Waals surface area contributed by atoms with Crippen LogP contribution in [0.3, 0.4) is 0 Å². The molecular weight excluding hydrogens is 404 g/mol. The Labute approximate surface area is 183 Å². The molecule has 1 aliphatic rings. The maximum absolute atomic E-state index is 12.9. The molecule has 7 nitrogen and oxygen atoms in total. The van der Waals surface area contributed by atoms with Gasteiger partial charge in [0.25, 0.3) is 5.91 Å². The Morgan fingerprint density at radius 2 is 1.88 bits per heavy atom. The number of nitrogens with zero attached hydrogens (tertiary/aromatic N) is 2. The zero-order valence-electron chi connectivity index (χ0n) is 17.0. The van der Waals surface area contributed by atoms with E-state index in [0.29, 0.717) is 41.7 Å². The lowest BCUT2D eigenvalue weighted by atomic mass is 10.0. The number of H-pyrrole nitrogens is 1. The van der Waals surface area contributed by atoms with Gasteiger partial charge in [0.1, 0.15) is 24.9 Å². The molecule has 1 aliphatic heterocycles. The Balaban J connectivity index is 1.45. The zero-order valence-corrected chi connectivity index (χ0v) is 17.0. The molecule has 1 amide bonds. The topological polar surface area (TPSA) is 100 Å². The van der Waals surface area contributed by atoms with Crippen LogP contribution in [0.5, 0.6) is 11.5 Å². The van der Waals surface area contributed by atoms with Gasteiger partial charge in [-0.25, -0.2) is 0 Å². The predicted octanol–water partition coefficient (Wildman–Crippen LogP) is 4.55. The van der Waals surface area contributed by atoms with Crippen LogP contribution in [0.15, 0.2) is 72.4 Å². The van der Waals surface area contributed by atoms with E-state index in [0.717, 1.165) is 16.3 Å². The standard InChI is InChI=1S/C25H18N4O3/c26-14-18(25(30)28-21-7-3-5-16-4-1-2-6-20(16)21)12-19-15-27-29-24(19)17-8-9-22-23(13-17)32-11-10-31-22/h1-9,12-13,15H,10-11H2,(H,27,29)(H,28,30)/b18-12+. The molecule has 0 spiro atoms. The minimum absolute atomic E-state index is 0.0295. The molecule has 32 heavy (non-hydrogen) atoms. The second-order valence-corrected chi connectivity index (χ2v) is 7.21. The monoisotopic (exact) mass is 422 g/mol. The van der Waals surface area contributed by atoms with Crippen molar-refractivity contribution in [2.24, 2.45) is 0 Å². The molecule has 0 saturated carbocycles. The van der Waals surface area contributed by atoms with Gasteiger partial charge in [0.05, 0.1) is 11.9 Å². The highest BCUT2D eigenvalue weighted by atomic mass is 16.6. The lowest BCUT2D eigenvalue weighted by molar-refractivity contribution is -0.112. The van der Waals surface area contributed by atoms with Crippen molar-refractivity contribution in [1.29, 1.82) is 5.26 Å². The molecule has 7 heteroatoms. The number of rotatable bonds is 4. The summed E-state index contributed by atoms with van der Waals surface area (Å²) in [6.45, 7) is 1.00. The first kappa shape index (κ1) is 19.4. The van der Waals surface area contributed by atoms with E-state index in [1.54, 1.807) is 6.20 Å². The lowest BCUT2D eigenvalue weighted by Gasteiger charge is -2.18. The predicted molar refractivity (Wildman–Crippen MR) is 121 cm³/mol. The maximum Gasteiger partial charge on any atom is 0.266 e. The fourth-order valence-corrected chi connectivity index (χ4v) is 3.66. The van der Waals surface area contributed by atoms with Gasteiger partial charge >= 0.3 is 0 Å². The second-order valence-electron chi connectivity index (χ2n) is 7.21. The number of hydrogen-bond donors (Lipinski definition) is 2. The highest BCUT2D eigenvalue weighted by molar-refractivity contribution is 6.13. The van der Waals surface area contributed by atoms with Gasteiger partial charge in [0.2, 0.25) is 0 Å². The third-order valence-corrected chi connectivity index (χ3v) is 5.20. The largest absolute Gasteiger partial charge is 0.486 e. The van der Waals surface area contributed by atoms with Crippen molar-refractivity contribution in [1.82, 2.24) is 10.2 Å². The lowest BCUT2D eigenvalue weighted by Crippen LogP contribution is -2.15. The SMILES string of the molecule is N#C/C(=C\c1cn[nH]c1-c1ccc2c(c1)OCCO2)C(=O)Nc1cccc2ccccc12. The molecule has 2 N–H and O–H groups in total. The van der Waals surface area contributed by atoms with Crippen molar-refractivity contribution in [2.75, 3.05) is 18.5 Å².